The zero-order chi connectivity index (χ0) is 66.0. The summed E-state index contributed by atoms with van der Waals surface area (Å²) in [4.78, 5) is 0. The topological polar surface area (TPSA) is 29.6 Å². The molecule has 100 heavy (non-hydrogen) atoms. The van der Waals surface area contributed by atoms with Crippen molar-refractivity contribution in [2.45, 2.75) is 20.8 Å². The van der Waals surface area contributed by atoms with Gasteiger partial charge in [-0.2, -0.15) is 0 Å². The zero-order valence-corrected chi connectivity index (χ0v) is 55.4. The van der Waals surface area contributed by atoms with E-state index in [-0.39, 0.29) is 6.71 Å². The summed E-state index contributed by atoms with van der Waals surface area (Å²) in [5, 5.41) is 14.8. The van der Waals surface area contributed by atoms with Crippen LogP contribution in [-0.2, 0) is 0 Å². The van der Waals surface area contributed by atoms with Gasteiger partial charge >= 0.3 is 0 Å². The van der Waals surface area contributed by atoms with Crippen molar-refractivity contribution in [2.24, 2.45) is 0 Å². The van der Waals surface area contributed by atoms with Crippen LogP contribution in [0.1, 0.15) is 16.7 Å². The van der Waals surface area contributed by atoms with E-state index in [1.165, 1.54) is 164 Å². The number of aryl methyl sites for hydroxylation is 3. The summed E-state index contributed by atoms with van der Waals surface area (Å²) < 4.78 is 14.8. The molecule has 6 aromatic heterocycles. The van der Waals surface area contributed by atoms with E-state index >= 15 is 0 Å². The van der Waals surface area contributed by atoms with Gasteiger partial charge in [-0.25, -0.2) is 0 Å². The molecule has 0 radical (unpaired) electrons. The first kappa shape index (κ1) is 56.4. The summed E-state index contributed by atoms with van der Waals surface area (Å²) in [6.07, 6.45) is 0. The molecule has 6 nitrogen and oxygen atoms in total. The van der Waals surface area contributed by atoms with Crippen LogP contribution in [0.15, 0.2) is 328 Å². The van der Waals surface area contributed by atoms with Crippen molar-refractivity contribution in [3.05, 3.63) is 344 Å². The van der Waals surface area contributed by atoms with Gasteiger partial charge in [0.1, 0.15) is 0 Å². The van der Waals surface area contributed by atoms with E-state index in [9.17, 15) is 0 Å². The monoisotopic (exact) mass is 1270 g/mol. The smallest absolute Gasteiger partial charge is 0.241 e. The molecule has 0 saturated heterocycles. The minimum atomic E-state index is -0.0486. The normalized spacial score (nSPS) is 12.2. The third-order valence-corrected chi connectivity index (χ3v) is 21.8. The molecule has 0 aliphatic carbocycles. The third-order valence-electron chi connectivity index (χ3n) is 21.8. The van der Waals surface area contributed by atoms with Gasteiger partial charge in [-0.3, -0.25) is 0 Å². The third kappa shape index (κ3) is 8.08. The van der Waals surface area contributed by atoms with Gasteiger partial charge in [0.15, 0.2) is 0 Å². The molecule has 0 aliphatic heterocycles. The SMILES string of the molecule is Cc1cc(C)c(B(c2ccc(-n3c4ccccc4c4ccc5c(c6ccccc6n5-c5ccc6c(c5)c5ccccc5n6-c5ccccc5)c43)cc2)c2ccc(-n3c4ccccc4c4ccc5c(c6ccccc6n5-c5ccc6c(c5)c5ccccc5n6-c5ccccc5)c43)cc2)c(C)c1. The van der Waals surface area contributed by atoms with Gasteiger partial charge in [0.2, 0.25) is 6.71 Å². The molecule has 0 fully saturated rings. The Hall–Kier alpha value is -12.8. The minimum absolute atomic E-state index is 0.0486. The van der Waals surface area contributed by atoms with E-state index in [0.29, 0.717) is 0 Å². The summed E-state index contributed by atoms with van der Waals surface area (Å²) >= 11 is 0. The summed E-state index contributed by atoms with van der Waals surface area (Å²) in [5.74, 6) is 0. The summed E-state index contributed by atoms with van der Waals surface area (Å²) in [5.41, 5.74) is 28.7. The van der Waals surface area contributed by atoms with Crippen LogP contribution in [0.25, 0.3) is 165 Å². The van der Waals surface area contributed by atoms with Gasteiger partial charge in [0.05, 0.1) is 66.2 Å². The molecule has 7 heteroatoms. The Bertz CT molecular complexity index is 6560. The first-order chi connectivity index (χ1) is 49.4. The van der Waals surface area contributed by atoms with Crippen molar-refractivity contribution in [1.29, 1.82) is 0 Å². The summed E-state index contributed by atoms with van der Waals surface area (Å²) in [6, 6.07) is 122. The number of hydrogen-bond donors (Lipinski definition) is 0. The first-order valence-corrected chi connectivity index (χ1v) is 34.8. The lowest BCUT2D eigenvalue weighted by atomic mass is 9.35. The van der Waals surface area contributed by atoms with Crippen molar-refractivity contribution < 1.29 is 0 Å². The van der Waals surface area contributed by atoms with Crippen LogP contribution < -0.4 is 16.4 Å². The van der Waals surface area contributed by atoms with Gasteiger partial charge < -0.3 is 27.4 Å². The van der Waals surface area contributed by atoms with Crippen molar-refractivity contribution in [1.82, 2.24) is 27.4 Å². The molecule has 0 saturated carbocycles. The number of benzene rings is 15. The molecule has 0 amide bonds. The van der Waals surface area contributed by atoms with Gasteiger partial charge in [0, 0.05) is 98.8 Å². The van der Waals surface area contributed by atoms with E-state index < -0.39 is 0 Å². The highest BCUT2D eigenvalue weighted by Gasteiger charge is 2.29. The molecule has 0 N–H and O–H groups in total. The highest BCUT2D eigenvalue weighted by Crippen LogP contribution is 2.46. The Balaban J connectivity index is 0.713. The molecule has 0 aliphatic rings. The number of aromatic nitrogens is 6. The quantitative estimate of drug-likeness (QED) is 0.129. The van der Waals surface area contributed by atoms with Crippen molar-refractivity contribution in [3.8, 4) is 34.1 Å². The van der Waals surface area contributed by atoms with Crippen molar-refractivity contribution in [3.63, 3.8) is 0 Å². The average Bonchev–Trinajstić information content (AvgIpc) is 1.55. The average molecular weight is 1280 g/mol. The fraction of sp³-hybridized carbons (Fsp3) is 0.0323. The molecule has 0 unspecified atom stereocenters. The standard InChI is InChI=1S/C93H63BN6/c1-58-54-59(2)91(60(3)55-58)94(61-38-42-65(43-39-61)99-81-34-18-10-26-69(81)73-48-52-87-89(92(73)99)75-30-14-20-36-83(75)97(87)67-46-50-85-77(56-67)71-28-12-16-32-79(71)95(85)63-22-6-4-7-23-63)62-40-44-66(45-41-62)100-82-35-19-11-27-70(82)74-49-53-88-90(93(74)100)76-31-15-21-37-84(76)98(88)68-47-51-86-78(57-68)72-29-13-17-33-80(72)96(86)64-24-8-5-9-25-64/h4-57H,1-3H3. The first-order valence-electron chi connectivity index (χ1n) is 34.8. The van der Waals surface area contributed by atoms with Crippen LogP contribution in [0.5, 0.6) is 0 Å². The lowest BCUT2D eigenvalue weighted by molar-refractivity contribution is 1.16. The molecule has 21 aromatic rings. The van der Waals surface area contributed by atoms with Crippen LogP contribution in [-0.4, -0.2) is 34.1 Å². The minimum Gasteiger partial charge on any atom is -0.309 e. The fourth-order valence-electron chi connectivity index (χ4n) is 17.8. The van der Waals surface area contributed by atoms with Crippen LogP contribution in [0.4, 0.5) is 0 Å². The second-order valence-corrected chi connectivity index (χ2v) is 27.3. The van der Waals surface area contributed by atoms with E-state index in [4.69, 9.17) is 0 Å². The Morgan fingerprint density at radius 3 is 0.870 bits per heavy atom. The van der Waals surface area contributed by atoms with Gasteiger partial charge in [-0.1, -0.05) is 227 Å². The number of para-hydroxylation sites is 8. The highest BCUT2D eigenvalue weighted by molar-refractivity contribution is 6.96. The maximum atomic E-state index is 2.53. The molecular weight excluding hydrogens is 1210 g/mol. The van der Waals surface area contributed by atoms with E-state index in [0.717, 1.165) is 34.1 Å². The maximum Gasteiger partial charge on any atom is 0.241 e. The lowest BCUT2D eigenvalue weighted by Gasteiger charge is -2.22. The van der Waals surface area contributed by atoms with E-state index in [1.807, 2.05) is 0 Å². The molecular formula is C93H63BN6. The molecule has 6 heterocycles. The predicted octanol–water partition coefficient (Wildman–Crippen LogP) is 21.7. The zero-order valence-electron chi connectivity index (χ0n) is 55.4. The Labute approximate surface area is 577 Å². The number of nitrogens with zero attached hydrogens (tertiary/aromatic N) is 6. The van der Waals surface area contributed by atoms with Gasteiger partial charge in [-0.15, -0.1) is 0 Å². The van der Waals surface area contributed by atoms with E-state index in [1.54, 1.807) is 0 Å². The Morgan fingerprint density at radius 1 is 0.200 bits per heavy atom. The second kappa shape index (κ2) is 21.6. The number of fused-ring (bicyclic) bond motifs is 20. The molecule has 0 atom stereocenters. The maximum absolute atomic E-state index is 2.53. The molecule has 0 bridgehead atoms. The van der Waals surface area contributed by atoms with Crippen molar-refractivity contribution >= 4 is 154 Å². The molecule has 0 spiro atoms. The van der Waals surface area contributed by atoms with Crippen molar-refractivity contribution in [2.75, 3.05) is 0 Å². The van der Waals surface area contributed by atoms with E-state index in [2.05, 4.69) is 376 Å². The van der Waals surface area contributed by atoms with Crippen LogP contribution in [0.2, 0.25) is 0 Å². The summed E-state index contributed by atoms with van der Waals surface area (Å²) in [7, 11) is 0. The molecule has 21 rings (SSSR count). The van der Waals surface area contributed by atoms with Gasteiger partial charge in [-0.05, 0) is 154 Å². The largest absolute Gasteiger partial charge is 0.309 e. The van der Waals surface area contributed by atoms with Gasteiger partial charge in [0.25, 0.3) is 0 Å². The van der Waals surface area contributed by atoms with Crippen LogP contribution >= 0.6 is 0 Å². The Morgan fingerprint density at radius 2 is 0.480 bits per heavy atom. The Kier molecular flexibility index (Phi) is 12.2. The van der Waals surface area contributed by atoms with Crippen LogP contribution in [0, 0.1) is 20.8 Å². The lowest BCUT2D eigenvalue weighted by Crippen LogP contribution is -2.54. The number of rotatable bonds is 9. The summed E-state index contributed by atoms with van der Waals surface area (Å²) in [6.45, 7) is 6.77. The highest BCUT2D eigenvalue weighted by atomic mass is 15.0. The molecule has 468 valence electrons. The van der Waals surface area contributed by atoms with Crippen LogP contribution in [0.3, 0.4) is 0 Å². The molecule has 15 aromatic carbocycles. The predicted molar refractivity (Wildman–Crippen MR) is 424 cm³/mol. The number of hydrogen-bond acceptors (Lipinski definition) is 0. The second-order valence-electron chi connectivity index (χ2n) is 27.3. The fourth-order valence-corrected chi connectivity index (χ4v) is 17.8.